The van der Waals surface area contributed by atoms with Crippen molar-refractivity contribution in [3.05, 3.63) is 216 Å². The molecule has 0 fully saturated rings. The summed E-state index contributed by atoms with van der Waals surface area (Å²) in [6.07, 6.45) is 0. The molecule has 0 amide bonds. The van der Waals surface area contributed by atoms with Crippen LogP contribution in [-0.4, -0.2) is 9.13 Å². The average molecular weight is 937 g/mol. The van der Waals surface area contributed by atoms with Gasteiger partial charge in [0.15, 0.2) is 0 Å². The minimum atomic E-state index is 0.0329. The number of hydrogen-bond donors (Lipinski definition) is 0. The molecule has 2 heterocycles. The van der Waals surface area contributed by atoms with Crippen molar-refractivity contribution in [3.8, 4) is 55.9 Å². The van der Waals surface area contributed by atoms with Gasteiger partial charge < -0.3 is 9.13 Å². The number of rotatable bonds is 6. The summed E-state index contributed by atoms with van der Waals surface area (Å²) in [6, 6.07) is 74.0. The summed E-state index contributed by atoms with van der Waals surface area (Å²) in [5, 5.41) is 4.98. The zero-order chi connectivity index (χ0) is 50.5. The summed E-state index contributed by atoms with van der Waals surface area (Å²) in [5.41, 5.74) is 22.3. The molecular weight excluding hydrogens is 869 g/mol. The van der Waals surface area contributed by atoms with Gasteiger partial charge in [-0.15, -0.1) is 0 Å². The molecule has 0 aliphatic heterocycles. The number of fused-ring (bicyclic) bond motifs is 6. The second kappa shape index (κ2) is 17.1. The van der Waals surface area contributed by atoms with Gasteiger partial charge in [0, 0.05) is 32.9 Å². The highest BCUT2D eigenvalue weighted by Crippen LogP contribution is 2.46. The SMILES string of the molecule is CC(C)(C)c1ccc(-c2cc(-c3ccc4c(c3)c3ccccc3n4-c3ccc(C(C)(C)C)cc3)c(-c3ccc(C(C)(C)C)cc3)cc2-c2ccc3c(c2)c2ccccc2n3-c2ccc(C(C)(C)C)cc2)cc1. The third-order valence-electron chi connectivity index (χ3n) is 15.2. The van der Waals surface area contributed by atoms with E-state index in [1.807, 2.05) is 0 Å². The van der Waals surface area contributed by atoms with Crippen molar-refractivity contribution in [1.82, 2.24) is 9.13 Å². The Balaban J connectivity index is 1.16. The van der Waals surface area contributed by atoms with Crippen molar-refractivity contribution in [3.63, 3.8) is 0 Å². The predicted octanol–water partition coefficient (Wildman–Crippen LogP) is 19.7. The molecule has 358 valence electrons. The van der Waals surface area contributed by atoms with Crippen LogP contribution in [0.5, 0.6) is 0 Å². The van der Waals surface area contributed by atoms with Crippen molar-refractivity contribution in [2.24, 2.45) is 0 Å². The van der Waals surface area contributed by atoms with Gasteiger partial charge in [0.25, 0.3) is 0 Å². The molecule has 0 radical (unpaired) electrons. The van der Waals surface area contributed by atoms with E-state index in [0.29, 0.717) is 0 Å². The molecule has 2 heteroatoms. The number of benzene rings is 9. The van der Waals surface area contributed by atoms with Gasteiger partial charge in [-0.2, -0.15) is 0 Å². The smallest absolute Gasteiger partial charge is 0.0541 e. The molecule has 0 N–H and O–H groups in total. The van der Waals surface area contributed by atoms with Gasteiger partial charge in [-0.3, -0.25) is 0 Å². The third kappa shape index (κ3) is 8.35. The first-order valence-electron chi connectivity index (χ1n) is 25.9. The monoisotopic (exact) mass is 937 g/mol. The van der Waals surface area contributed by atoms with Crippen molar-refractivity contribution in [2.75, 3.05) is 0 Å². The molecule has 2 aromatic heterocycles. The Kier molecular flexibility index (Phi) is 11.2. The van der Waals surface area contributed by atoms with Crippen LogP contribution in [-0.2, 0) is 21.7 Å². The van der Waals surface area contributed by atoms with Gasteiger partial charge in [0.1, 0.15) is 0 Å². The van der Waals surface area contributed by atoms with Crippen LogP contribution in [0.3, 0.4) is 0 Å². The van der Waals surface area contributed by atoms with Crippen LogP contribution in [0.2, 0.25) is 0 Å². The summed E-state index contributed by atoms with van der Waals surface area (Å²) >= 11 is 0. The molecule has 11 aromatic rings. The summed E-state index contributed by atoms with van der Waals surface area (Å²) in [7, 11) is 0. The van der Waals surface area contributed by atoms with Gasteiger partial charge in [0.2, 0.25) is 0 Å². The van der Waals surface area contributed by atoms with Crippen molar-refractivity contribution < 1.29 is 0 Å². The predicted molar refractivity (Wildman–Crippen MR) is 312 cm³/mol. The van der Waals surface area contributed by atoms with Crippen LogP contribution in [0.1, 0.15) is 105 Å². The molecule has 0 bridgehead atoms. The van der Waals surface area contributed by atoms with Crippen molar-refractivity contribution in [1.29, 1.82) is 0 Å². The van der Waals surface area contributed by atoms with E-state index in [-0.39, 0.29) is 21.7 Å². The molecule has 0 aliphatic rings. The van der Waals surface area contributed by atoms with Gasteiger partial charge in [-0.05, 0) is 161 Å². The zero-order valence-corrected chi connectivity index (χ0v) is 44.4. The fraction of sp³-hybridized carbons (Fsp3) is 0.229. The molecule has 0 saturated heterocycles. The highest BCUT2D eigenvalue weighted by atomic mass is 15.0. The van der Waals surface area contributed by atoms with Crippen LogP contribution in [0.15, 0.2) is 194 Å². The molecule has 72 heavy (non-hydrogen) atoms. The third-order valence-corrected chi connectivity index (χ3v) is 15.2. The maximum absolute atomic E-state index is 2.49. The Morgan fingerprint density at radius 2 is 0.500 bits per heavy atom. The molecular formula is C70H68N2. The highest BCUT2D eigenvalue weighted by Gasteiger charge is 2.23. The topological polar surface area (TPSA) is 9.86 Å². The molecule has 11 rings (SSSR count). The van der Waals surface area contributed by atoms with E-state index in [9.17, 15) is 0 Å². The maximum Gasteiger partial charge on any atom is 0.0541 e. The van der Waals surface area contributed by atoms with E-state index in [1.54, 1.807) is 0 Å². The Hall–Kier alpha value is -7.42. The van der Waals surface area contributed by atoms with E-state index >= 15 is 0 Å². The van der Waals surface area contributed by atoms with Gasteiger partial charge >= 0.3 is 0 Å². The number of para-hydroxylation sites is 2. The number of nitrogens with zero attached hydrogens (tertiary/aromatic N) is 2. The summed E-state index contributed by atoms with van der Waals surface area (Å²) in [5.74, 6) is 0. The van der Waals surface area contributed by atoms with E-state index in [1.165, 1.54) is 122 Å². The largest absolute Gasteiger partial charge is 0.309 e. The van der Waals surface area contributed by atoms with Crippen LogP contribution in [0.25, 0.3) is 99.5 Å². The van der Waals surface area contributed by atoms with Crippen LogP contribution >= 0.6 is 0 Å². The molecule has 0 atom stereocenters. The van der Waals surface area contributed by atoms with Crippen molar-refractivity contribution in [2.45, 2.75) is 105 Å². The Morgan fingerprint density at radius 1 is 0.236 bits per heavy atom. The second-order valence-electron chi connectivity index (χ2n) is 24.4. The van der Waals surface area contributed by atoms with Crippen LogP contribution < -0.4 is 0 Å². The minimum Gasteiger partial charge on any atom is -0.309 e. The Labute approximate surface area is 427 Å². The van der Waals surface area contributed by atoms with E-state index in [0.717, 1.165) is 0 Å². The molecule has 0 unspecified atom stereocenters. The first-order valence-corrected chi connectivity index (χ1v) is 25.9. The van der Waals surface area contributed by atoms with E-state index in [4.69, 9.17) is 0 Å². The minimum absolute atomic E-state index is 0.0329. The molecule has 0 saturated carbocycles. The fourth-order valence-electron chi connectivity index (χ4n) is 10.9. The molecule has 0 aliphatic carbocycles. The van der Waals surface area contributed by atoms with Gasteiger partial charge in [0.05, 0.1) is 22.1 Å². The average Bonchev–Trinajstić information content (AvgIpc) is 3.87. The van der Waals surface area contributed by atoms with Gasteiger partial charge in [-0.25, -0.2) is 0 Å². The van der Waals surface area contributed by atoms with Crippen LogP contribution in [0.4, 0.5) is 0 Å². The Bertz CT molecular complexity index is 3570. The first-order chi connectivity index (χ1) is 34.2. The Morgan fingerprint density at radius 3 is 0.819 bits per heavy atom. The summed E-state index contributed by atoms with van der Waals surface area (Å²) < 4.78 is 4.87. The van der Waals surface area contributed by atoms with Gasteiger partial charge in [-0.1, -0.05) is 204 Å². The van der Waals surface area contributed by atoms with E-state index in [2.05, 4.69) is 286 Å². The fourth-order valence-corrected chi connectivity index (χ4v) is 10.9. The van der Waals surface area contributed by atoms with E-state index < -0.39 is 0 Å². The highest BCUT2D eigenvalue weighted by molar-refractivity contribution is 6.13. The standard InChI is InChI=1S/C70H68N2/c1-67(2,3)49-27-21-45(22-28-49)57-43-60(48-26-40-66-62(42-48)56-18-14-16-20-64(56)72(66)54-37-33-52(34-38-54)70(10,11)12)58(46-23-29-50(30-24-46)68(4,5)6)44-59(57)47-25-39-65-61(41-47)55-17-13-15-19-63(55)71(65)53-35-31-51(32-36-53)69(7,8)9/h13-44H,1-12H3. The number of hydrogen-bond acceptors (Lipinski definition) is 0. The molecule has 2 nitrogen and oxygen atoms in total. The molecule has 9 aromatic carbocycles. The number of aromatic nitrogens is 2. The van der Waals surface area contributed by atoms with Crippen molar-refractivity contribution >= 4 is 43.6 Å². The first kappa shape index (κ1) is 46.9. The van der Waals surface area contributed by atoms with Crippen LogP contribution in [0, 0.1) is 0 Å². The summed E-state index contributed by atoms with van der Waals surface area (Å²) in [4.78, 5) is 0. The quantitative estimate of drug-likeness (QED) is 0.157. The maximum atomic E-state index is 2.49. The lowest BCUT2D eigenvalue weighted by Crippen LogP contribution is -2.10. The summed E-state index contributed by atoms with van der Waals surface area (Å²) in [6.45, 7) is 27.5. The lowest BCUT2D eigenvalue weighted by molar-refractivity contribution is 0.590. The normalized spacial score (nSPS) is 12.7. The molecule has 0 spiro atoms. The second-order valence-corrected chi connectivity index (χ2v) is 24.4. The lowest BCUT2D eigenvalue weighted by atomic mass is 9.82. The zero-order valence-electron chi connectivity index (χ0n) is 44.4. The lowest BCUT2D eigenvalue weighted by Gasteiger charge is -2.22.